The second kappa shape index (κ2) is 6.51. The van der Waals surface area contributed by atoms with Gasteiger partial charge in [-0.3, -0.25) is 0 Å². The van der Waals surface area contributed by atoms with E-state index in [1.807, 2.05) is 0 Å². The fourth-order valence-electron chi connectivity index (χ4n) is 1.98. The minimum absolute atomic E-state index is 0.122. The average molecular weight is 308 g/mol. The number of carbonyl (C=O) groups excluding carboxylic acids is 1. The highest BCUT2D eigenvalue weighted by atomic mass is 19.2. The van der Waals surface area contributed by atoms with E-state index in [0.717, 1.165) is 12.1 Å². The van der Waals surface area contributed by atoms with Crippen molar-refractivity contribution < 1.29 is 18.0 Å². The summed E-state index contributed by atoms with van der Waals surface area (Å²) in [6.07, 6.45) is 0. The molecule has 22 heavy (non-hydrogen) atoms. The molecule has 2 amide bonds. The zero-order valence-electron chi connectivity index (χ0n) is 12.1. The Labute approximate surface area is 126 Å². The Hall–Kier alpha value is -2.50. The van der Waals surface area contributed by atoms with Crippen molar-refractivity contribution in [2.45, 2.75) is 13.0 Å². The minimum atomic E-state index is -1.05. The Morgan fingerprint density at radius 3 is 2.36 bits per heavy atom. The molecule has 2 aromatic carbocycles. The van der Waals surface area contributed by atoms with Gasteiger partial charge in [-0.2, -0.15) is 0 Å². The average Bonchev–Trinajstić information content (AvgIpc) is 2.50. The van der Waals surface area contributed by atoms with Crippen LogP contribution in [0.2, 0.25) is 0 Å². The van der Waals surface area contributed by atoms with E-state index in [2.05, 4.69) is 5.32 Å². The summed E-state index contributed by atoms with van der Waals surface area (Å²) in [6, 6.07) is 8.11. The number of urea groups is 1. The van der Waals surface area contributed by atoms with Gasteiger partial charge in [-0.25, -0.2) is 18.0 Å². The Balaban J connectivity index is 2.11. The molecule has 116 valence electrons. The SMILES string of the molecule is CC(c1ccccc1F)N(C)C(=O)Nc1ccc(F)c(F)c1. The summed E-state index contributed by atoms with van der Waals surface area (Å²) < 4.78 is 39.7. The molecule has 0 aliphatic rings. The first-order valence-corrected chi connectivity index (χ1v) is 6.63. The van der Waals surface area contributed by atoms with Crippen LogP contribution in [0.3, 0.4) is 0 Å². The normalized spacial score (nSPS) is 11.9. The van der Waals surface area contributed by atoms with E-state index >= 15 is 0 Å². The van der Waals surface area contributed by atoms with Gasteiger partial charge in [-0.15, -0.1) is 0 Å². The summed E-state index contributed by atoms with van der Waals surface area (Å²) in [7, 11) is 1.49. The highest BCUT2D eigenvalue weighted by Crippen LogP contribution is 2.22. The van der Waals surface area contributed by atoms with Crippen molar-refractivity contribution in [3.8, 4) is 0 Å². The van der Waals surface area contributed by atoms with Crippen LogP contribution in [0.15, 0.2) is 42.5 Å². The summed E-state index contributed by atoms with van der Waals surface area (Å²) in [5, 5.41) is 2.44. The van der Waals surface area contributed by atoms with E-state index in [-0.39, 0.29) is 5.69 Å². The second-order valence-corrected chi connectivity index (χ2v) is 4.87. The van der Waals surface area contributed by atoms with Crippen molar-refractivity contribution in [2.75, 3.05) is 12.4 Å². The number of nitrogens with one attached hydrogen (secondary N) is 1. The predicted octanol–water partition coefficient (Wildman–Crippen LogP) is 4.33. The zero-order chi connectivity index (χ0) is 16.3. The lowest BCUT2D eigenvalue weighted by atomic mass is 10.1. The van der Waals surface area contributed by atoms with Gasteiger partial charge in [0.25, 0.3) is 0 Å². The molecule has 0 bridgehead atoms. The fourth-order valence-corrected chi connectivity index (χ4v) is 1.98. The number of hydrogen-bond acceptors (Lipinski definition) is 1. The lowest BCUT2D eigenvalue weighted by Gasteiger charge is -2.26. The van der Waals surface area contributed by atoms with Gasteiger partial charge < -0.3 is 10.2 Å². The van der Waals surface area contributed by atoms with Gasteiger partial charge in [0, 0.05) is 24.4 Å². The first-order valence-electron chi connectivity index (χ1n) is 6.63. The molecule has 3 nitrogen and oxygen atoms in total. The lowest BCUT2D eigenvalue weighted by molar-refractivity contribution is 0.207. The van der Waals surface area contributed by atoms with Crippen LogP contribution in [0.1, 0.15) is 18.5 Å². The highest BCUT2D eigenvalue weighted by Gasteiger charge is 2.20. The molecule has 2 aromatic rings. The van der Waals surface area contributed by atoms with Crippen LogP contribution in [-0.4, -0.2) is 18.0 Å². The van der Waals surface area contributed by atoms with Crippen LogP contribution < -0.4 is 5.32 Å². The first kappa shape index (κ1) is 15.9. The zero-order valence-corrected chi connectivity index (χ0v) is 12.1. The van der Waals surface area contributed by atoms with Crippen molar-refractivity contribution in [2.24, 2.45) is 0 Å². The van der Waals surface area contributed by atoms with Gasteiger partial charge in [0.1, 0.15) is 5.82 Å². The van der Waals surface area contributed by atoms with Crippen LogP contribution in [-0.2, 0) is 0 Å². The maximum absolute atomic E-state index is 13.7. The lowest BCUT2D eigenvalue weighted by Crippen LogP contribution is -2.34. The van der Waals surface area contributed by atoms with Gasteiger partial charge in [0.05, 0.1) is 6.04 Å². The molecule has 0 radical (unpaired) electrons. The molecule has 1 unspecified atom stereocenters. The van der Waals surface area contributed by atoms with Crippen LogP contribution >= 0.6 is 0 Å². The summed E-state index contributed by atoms with van der Waals surface area (Å²) in [4.78, 5) is 13.4. The quantitative estimate of drug-likeness (QED) is 0.899. The molecule has 1 atom stereocenters. The number of rotatable bonds is 3. The Kier molecular flexibility index (Phi) is 4.70. The number of hydrogen-bond donors (Lipinski definition) is 1. The van der Waals surface area contributed by atoms with Gasteiger partial charge in [-0.05, 0) is 25.1 Å². The topological polar surface area (TPSA) is 32.3 Å². The standard InChI is InChI=1S/C16H15F3N2O/c1-10(12-5-3-4-6-13(12)17)21(2)16(22)20-11-7-8-14(18)15(19)9-11/h3-10H,1-2H3,(H,20,22). The molecule has 0 aromatic heterocycles. The molecule has 1 N–H and O–H groups in total. The summed E-state index contributed by atoms with van der Waals surface area (Å²) in [6.45, 7) is 1.67. The van der Waals surface area contributed by atoms with Crippen molar-refractivity contribution >= 4 is 11.7 Å². The monoisotopic (exact) mass is 308 g/mol. The molecule has 0 heterocycles. The molecular weight excluding hydrogens is 293 g/mol. The third-order valence-corrected chi connectivity index (χ3v) is 3.43. The van der Waals surface area contributed by atoms with Crippen molar-refractivity contribution in [1.82, 2.24) is 4.90 Å². The van der Waals surface area contributed by atoms with Crippen LogP contribution in [0.25, 0.3) is 0 Å². The first-order chi connectivity index (χ1) is 10.4. The Morgan fingerprint density at radius 2 is 1.73 bits per heavy atom. The van der Waals surface area contributed by atoms with Crippen LogP contribution in [0.5, 0.6) is 0 Å². The largest absolute Gasteiger partial charge is 0.322 e. The number of amides is 2. The van der Waals surface area contributed by atoms with E-state index in [9.17, 15) is 18.0 Å². The van der Waals surface area contributed by atoms with Gasteiger partial charge in [0.2, 0.25) is 0 Å². The van der Waals surface area contributed by atoms with E-state index in [1.165, 1.54) is 24.1 Å². The molecule has 0 spiro atoms. The Morgan fingerprint density at radius 1 is 1.05 bits per heavy atom. The Bertz CT molecular complexity index is 691. The van der Waals surface area contributed by atoms with E-state index in [0.29, 0.717) is 5.56 Å². The summed E-state index contributed by atoms with van der Waals surface area (Å²) in [5.41, 5.74) is 0.488. The predicted molar refractivity (Wildman–Crippen MR) is 78.0 cm³/mol. The van der Waals surface area contributed by atoms with Crippen LogP contribution in [0.4, 0.5) is 23.7 Å². The van der Waals surface area contributed by atoms with Crippen molar-refractivity contribution in [1.29, 1.82) is 0 Å². The second-order valence-electron chi connectivity index (χ2n) is 4.87. The molecule has 6 heteroatoms. The number of nitrogens with zero attached hydrogens (tertiary/aromatic N) is 1. The van der Waals surface area contributed by atoms with E-state index in [1.54, 1.807) is 25.1 Å². The van der Waals surface area contributed by atoms with Gasteiger partial charge >= 0.3 is 6.03 Å². The molecular formula is C16H15F3N2O. The van der Waals surface area contributed by atoms with E-state index < -0.39 is 29.5 Å². The maximum Gasteiger partial charge on any atom is 0.322 e. The highest BCUT2D eigenvalue weighted by molar-refractivity contribution is 5.89. The van der Waals surface area contributed by atoms with Crippen molar-refractivity contribution in [3.63, 3.8) is 0 Å². The number of halogens is 3. The molecule has 2 rings (SSSR count). The van der Waals surface area contributed by atoms with Gasteiger partial charge in [0.15, 0.2) is 11.6 Å². The number of benzene rings is 2. The van der Waals surface area contributed by atoms with Crippen LogP contribution in [0, 0.1) is 17.5 Å². The molecule has 0 fully saturated rings. The minimum Gasteiger partial charge on any atom is -0.321 e. The molecule has 0 saturated carbocycles. The summed E-state index contributed by atoms with van der Waals surface area (Å²) >= 11 is 0. The summed E-state index contributed by atoms with van der Waals surface area (Å²) in [5.74, 6) is -2.46. The van der Waals surface area contributed by atoms with Gasteiger partial charge in [-0.1, -0.05) is 18.2 Å². The third-order valence-electron chi connectivity index (χ3n) is 3.43. The number of anilines is 1. The smallest absolute Gasteiger partial charge is 0.321 e. The third kappa shape index (κ3) is 3.39. The maximum atomic E-state index is 13.7. The number of carbonyl (C=O) groups is 1. The molecule has 0 aliphatic heterocycles. The fraction of sp³-hybridized carbons (Fsp3) is 0.188. The van der Waals surface area contributed by atoms with E-state index in [4.69, 9.17) is 0 Å². The molecule has 0 saturated heterocycles. The molecule has 0 aliphatic carbocycles. The van der Waals surface area contributed by atoms with Crippen molar-refractivity contribution in [3.05, 3.63) is 65.5 Å².